The molecular formula is C20H25NO4S. The molecule has 2 aromatic rings. The topological polar surface area (TPSA) is 72.5 Å². The van der Waals surface area contributed by atoms with Crippen LogP contribution in [0.1, 0.15) is 37.4 Å². The smallest absolute Gasteiger partial charge is 0.261 e. The minimum absolute atomic E-state index is 0.199. The predicted molar refractivity (Wildman–Crippen MR) is 102 cm³/mol. The number of sulfone groups is 1. The maximum atomic E-state index is 12.6. The fraction of sp³-hybridized carbons (Fsp3) is 0.350. The van der Waals surface area contributed by atoms with Gasteiger partial charge >= 0.3 is 0 Å². The molecule has 2 rings (SSSR count). The van der Waals surface area contributed by atoms with E-state index in [1.165, 1.54) is 6.26 Å². The van der Waals surface area contributed by atoms with Crippen LogP contribution >= 0.6 is 0 Å². The molecule has 5 nitrogen and oxygen atoms in total. The van der Waals surface area contributed by atoms with Gasteiger partial charge in [-0.15, -0.1) is 0 Å². The third-order valence-electron chi connectivity index (χ3n) is 4.19. The second kappa shape index (κ2) is 8.36. The molecule has 0 fully saturated rings. The van der Waals surface area contributed by atoms with Gasteiger partial charge in [0.1, 0.15) is 5.75 Å². The van der Waals surface area contributed by atoms with Crippen LogP contribution < -0.4 is 10.1 Å². The maximum Gasteiger partial charge on any atom is 0.261 e. The molecule has 0 spiro atoms. The van der Waals surface area contributed by atoms with E-state index in [2.05, 4.69) is 5.32 Å². The Morgan fingerprint density at radius 1 is 1.12 bits per heavy atom. The third kappa shape index (κ3) is 5.08. The first-order valence-electron chi connectivity index (χ1n) is 8.55. The zero-order valence-corrected chi connectivity index (χ0v) is 16.3. The first-order chi connectivity index (χ1) is 12.2. The Morgan fingerprint density at radius 3 is 2.27 bits per heavy atom. The van der Waals surface area contributed by atoms with Crippen LogP contribution in [0.3, 0.4) is 0 Å². The monoisotopic (exact) mass is 375 g/mol. The normalized spacial score (nSPS) is 13.7. The first kappa shape index (κ1) is 20.0. The molecule has 0 heterocycles. The number of hydrogen-bond acceptors (Lipinski definition) is 4. The summed E-state index contributed by atoms with van der Waals surface area (Å²) >= 11 is 0. The largest absolute Gasteiger partial charge is 0.480 e. The zero-order chi connectivity index (χ0) is 19.3. The van der Waals surface area contributed by atoms with E-state index in [1.807, 2.05) is 45.0 Å². The van der Waals surface area contributed by atoms with Gasteiger partial charge < -0.3 is 10.1 Å². The maximum absolute atomic E-state index is 12.6. The molecule has 1 N–H and O–H groups in total. The van der Waals surface area contributed by atoms with E-state index in [1.54, 1.807) is 24.3 Å². The Balaban J connectivity index is 2.06. The van der Waals surface area contributed by atoms with Crippen molar-refractivity contribution in [3.05, 3.63) is 59.7 Å². The van der Waals surface area contributed by atoms with E-state index in [9.17, 15) is 13.2 Å². The third-order valence-corrected chi connectivity index (χ3v) is 5.32. The molecule has 26 heavy (non-hydrogen) atoms. The van der Waals surface area contributed by atoms with Gasteiger partial charge in [0, 0.05) is 6.26 Å². The van der Waals surface area contributed by atoms with Gasteiger partial charge in [-0.1, -0.05) is 37.3 Å². The summed E-state index contributed by atoms with van der Waals surface area (Å²) in [5, 5.41) is 2.93. The van der Waals surface area contributed by atoms with Gasteiger partial charge in [0.25, 0.3) is 5.91 Å². The van der Waals surface area contributed by atoms with Crippen LogP contribution in [0.4, 0.5) is 0 Å². The van der Waals surface area contributed by atoms with Gasteiger partial charge in [0.15, 0.2) is 15.9 Å². The Morgan fingerprint density at radius 2 is 1.73 bits per heavy atom. The summed E-state index contributed by atoms with van der Waals surface area (Å²) in [6.45, 7) is 5.69. The van der Waals surface area contributed by atoms with Crippen LogP contribution in [-0.2, 0) is 14.6 Å². The summed E-state index contributed by atoms with van der Waals surface area (Å²) in [7, 11) is -3.23. The lowest BCUT2D eigenvalue weighted by atomic mass is 10.1. The van der Waals surface area contributed by atoms with Crippen LogP contribution in [0, 0.1) is 6.92 Å². The quantitative estimate of drug-likeness (QED) is 0.805. The lowest BCUT2D eigenvalue weighted by Gasteiger charge is -2.21. The number of aryl methyl sites for hydroxylation is 1. The second-order valence-electron chi connectivity index (χ2n) is 6.35. The number of ether oxygens (including phenoxy) is 1. The molecule has 1 amide bonds. The summed E-state index contributed by atoms with van der Waals surface area (Å²) in [5.74, 6) is 0.495. The summed E-state index contributed by atoms with van der Waals surface area (Å²) in [6.07, 6.45) is 1.12. The van der Waals surface area contributed by atoms with Crippen molar-refractivity contribution in [1.82, 2.24) is 5.32 Å². The minimum Gasteiger partial charge on any atom is -0.480 e. The second-order valence-corrected chi connectivity index (χ2v) is 8.37. The number of hydrogen-bond donors (Lipinski definition) is 1. The van der Waals surface area contributed by atoms with Crippen molar-refractivity contribution in [1.29, 1.82) is 0 Å². The lowest BCUT2D eigenvalue weighted by molar-refractivity contribution is -0.128. The first-order valence-corrected chi connectivity index (χ1v) is 10.4. The standard InChI is InChI=1S/C20H25NO4S/c1-5-18(25-19-9-7-6-8-14(19)2)20(22)21-15(3)16-10-12-17(13-11-16)26(4,23)24/h6-13,15,18H,5H2,1-4H3,(H,21,22)/t15-,18-/m0/s1. The molecule has 0 unspecified atom stereocenters. The van der Waals surface area contributed by atoms with E-state index in [0.29, 0.717) is 12.2 Å². The SMILES string of the molecule is CC[C@H](Oc1ccccc1C)C(=O)N[C@@H](C)c1ccc(S(C)(=O)=O)cc1. The zero-order valence-electron chi connectivity index (χ0n) is 15.5. The Kier molecular flexibility index (Phi) is 6.42. The number of carbonyl (C=O) groups is 1. The van der Waals surface area contributed by atoms with Crippen LogP contribution in [0.5, 0.6) is 5.75 Å². The van der Waals surface area contributed by atoms with Crippen molar-refractivity contribution in [2.75, 3.05) is 6.26 Å². The fourth-order valence-corrected chi connectivity index (χ4v) is 3.19. The molecular weight excluding hydrogens is 350 g/mol. The molecule has 0 aromatic heterocycles. The number of rotatable bonds is 7. The molecule has 0 saturated heterocycles. The van der Waals surface area contributed by atoms with E-state index < -0.39 is 15.9 Å². The Bertz CT molecular complexity index is 860. The number of nitrogens with one attached hydrogen (secondary N) is 1. The summed E-state index contributed by atoms with van der Waals surface area (Å²) in [4.78, 5) is 12.8. The highest BCUT2D eigenvalue weighted by Gasteiger charge is 2.21. The van der Waals surface area contributed by atoms with E-state index >= 15 is 0 Å². The van der Waals surface area contributed by atoms with E-state index in [4.69, 9.17) is 4.74 Å². The number of benzene rings is 2. The van der Waals surface area contributed by atoms with Gasteiger partial charge in [0.05, 0.1) is 10.9 Å². The van der Waals surface area contributed by atoms with E-state index in [-0.39, 0.29) is 16.8 Å². The van der Waals surface area contributed by atoms with Gasteiger partial charge in [0.2, 0.25) is 0 Å². The minimum atomic E-state index is -3.23. The molecule has 0 aliphatic rings. The van der Waals surface area contributed by atoms with Crippen molar-refractivity contribution in [3.63, 3.8) is 0 Å². The Labute approximate surface area is 155 Å². The molecule has 0 saturated carbocycles. The average Bonchev–Trinajstić information content (AvgIpc) is 2.60. The molecule has 0 aliphatic heterocycles. The summed E-state index contributed by atoms with van der Waals surface area (Å²) in [5.41, 5.74) is 1.81. The van der Waals surface area contributed by atoms with Crippen molar-refractivity contribution in [2.45, 2.75) is 44.2 Å². The molecule has 0 aliphatic carbocycles. The van der Waals surface area contributed by atoms with Crippen LogP contribution in [-0.4, -0.2) is 26.7 Å². The average molecular weight is 375 g/mol. The van der Waals surface area contributed by atoms with Crippen LogP contribution in [0.2, 0.25) is 0 Å². The summed E-state index contributed by atoms with van der Waals surface area (Å²) < 4.78 is 28.9. The summed E-state index contributed by atoms with van der Waals surface area (Å²) in [6, 6.07) is 13.8. The van der Waals surface area contributed by atoms with Crippen molar-refractivity contribution in [3.8, 4) is 5.75 Å². The number of carbonyl (C=O) groups excluding carboxylic acids is 1. The number of para-hydroxylation sites is 1. The fourth-order valence-electron chi connectivity index (χ4n) is 2.56. The van der Waals surface area contributed by atoms with Crippen molar-refractivity contribution in [2.24, 2.45) is 0 Å². The highest BCUT2D eigenvalue weighted by Crippen LogP contribution is 2.20. The van der Waals surface area contributed by atoms with E-state index in [0.717, 1.165) is 11.1 Å². The highest BCUT2D eigenvalue weighted by molar-refractivity contribution is 7.90. The van der Waals surface area contributed by atoms with Crippen LogP contribution in [0.15, 0.2) is 53.4 Å². The highest BCUT2D eigenvalue weighted by atomic mass is 32.2. The molecule has 140 valence electrons. The van der Waals surface area contributed by atoms with Gasteiger partial charge in [-0.2, -0.15) is 0 Å². The number of amides is 1. The van der Waals surface area contributed by atoms with Crippen LogP contribution in [0.25, 0.3) is 0 Å². The van der Waals surface area contributed by atoms with Gasteiger partial charge in [-0.3, -0.25) is 4.79 Å². The van der Waals surface area contributed by atoms with Crippen molar-refractivity contribution < 1.29 is 17.9 Å². The lowest BCUT2D eigenvalue weighted by Crippen LogP contribution is -2.39. The molecule has 2 atom stereocenters. The molecule has 2 aromatic carbocycles. The van der Waals surface area contributed by atoms with Gasteiger partial charge in [-0.25, -0.2) is 8.42 Å². The predicted octanol–water partition coefficient (Wildman–Crippen LogP) is 3.43. The van der Waals surface area contributed by atoms with Gasteiger partial charge in [-0.05, 0) is 49.6 Å². The van der Waals surface area contributed by atoms with Crippen molar-refractivity contribution >= 4 is 15.7 Å². The molecule has 0 radical (unpaired) electrons. The molecule has 6 heteroatoms. The molecule has 0 bridgehead atoms. The Hall–Kier alpha value is -2.34.